The Morgan fingerprint density at radius 2 is 2.04 bits per heavy atom. The molecule has 0 amide bonds. The molecule has 9 heteroatoms. The standard InChI is InChI=1S/C14H17N3O4S2/c1-2-22-14-16-15-13(21-14)11-4-3-5-12(10-11)23(18,19)17-6-8-20-9-7-17/h3-5,10H,2,6-9H2,1H3. The van der Waals surface area contributed by atoms with Crippen molar-refractivity contribution in [1.29, 1.82) is 0 Å². The van der Waals surface area contributed by atoms with Crippen LogP contribution in [0.4, 0.5) is 0 Å². The average Bonchev–Trinajstić information content (AvgIpc) is 3.05. The predicted molar refractivity (Wildman–Crippen MR) is 85.7 cm³/mol. The Labute approximate surface area is 139 Å². The zero-order valence-corrected chi connectivity index (χ0v) is 14.3. The van der Waals surface area contributed by atoms with Crippen molar-refractivity contribution in [3.05, 3.63) is 24.3 Å². The van der Waals surface area contributed by atoms with Crippen LogP contribution in [0.5, 0.6) is 0 Å². The SMILES string of the molecule is CCSc1nnc(-c2cccc(S(=O)(=O)N3CCOCC3)c2)o1. The highest BCUT2D eigenvalue weighted by Crippen LogP contribution is 2.26. The van der Waals surface area contributed by atoms with E-state index in [4.69, 9.17) is 9.15 Å². The van der Waals surface area contributed by atoms with Crippen LogP contribution in [-0.2, 0) is 14.8 Å². The lowest BCUT2D eigenvalue weighted by Gasteiger charge is -2.26. The summed E-state index contributed by atoms with van der Waals surface area (Å²) in [7, 11) is -3.54. The lowest BCUT2D eigenvalue weighted by atomic mass is 10.2. The van der Waals surface area contributed by atoms with Gasteiger partial charge in [-0.3, -0.25) is 0 Å². The van der Waals surface area contributed by atoms with Crippen LogP contribution in [-0.4, -0.2) is 55.0 Å². The molecule has 23 heavy (non-hydrogen) atoms. The summed E-state index contributed by atoms with van der Waals surface area (Å²) in [5, 5.41) is 8.38. The number of hydrogen-bond acceptors (Lipinski definition) is 7. The normalized spacial score (nSPS) is 16.6. The quantitative estimate of drug-likeness (QED) is 0.757. The van der Waals surface area contributed by atoms with E-state index in [0.717, 1.165) is 5.75 Å². The minimum atomic E-state index is -3.54. The molecule has 1 fully saturated rings. The zero-order valence-electron chi connectivity index (χ0n) is 12.6. The van der Waals surface area contributed by atoms with E-state index < -0.39 is 10.0 Å². The molecule has 1 aliphatic rings. The van der Waals surface area contributed by atoms with Gasteiger partial charge in [-0.2, -0.15) is 4.31 Å². The molecule has 0 N–H and O–H groups in total. The molecule has 124 valence electrons. The van der Waals surface area contributed by atoms with E-state index in [1.54, 1.807) is 24.3 Å². The van der Waals surface area contributed by atoms with Crippen LogP contribution in [0.25, 0.3) is 11.5 Å². The average molecular weight is 355 g/mol. The molecule has 0 atom stereocenters. The van der Waals surface area contributed by atoms with Crippen molar-refractivity contribution >= 4 is 21.8 Å². The molecule has 1 aromatic heterocycles. The van der Waals surface area contributed by atoms with Crippen LogP contribution >= 0.6 is 11.8 Å². The fourth-order valence-corrected chi connectivity index (χ4v) is 4.17. The number of sulfonamides is 1. The summed E-state index contributed by atoms with van der Waals surface area (Å²) < 4.78 is 37.5. The second-order valence-electron chi connectivity index (χ2n) is 4.85. The van der Waals surface area contributed by atoms with E-state index >= 15 is 0 Å². The Morgan fingerprint density at radius 3 is 2.78 bits per heavy atom. The van der Waals surface area contributed by atoms with Gasteiger partial charge in [0, 0.05) is 18.7 Å². The van der Waals surface area contributed by atoms with Gasteiger partial charge >= 0.3 is 0 Å². The van der Waals surface area contributed by atoms with Gasteiger partial charge in [0.05, 0.1) is 18.1 Å². The summed E-state index contributed by atoms with van der Waals surface area (Å²) in [6.45, 7) is 3.55. The maximum atomic E-state index is 12.7. The van der Waals surface area contributed by atoms with Crippen LogP contribution in [0.2, 0.25) is 0 Å². The number of aromatic nitrogens is 2. The molecule has 0 unspecified atom stereocenters. The first-order valence-electron chi connectivity index (χ1n) is 7.26. The Morgan fingerprint density at radius 1 is 1.26 bits per heavy atom. The van der Waals surface area contributed by atoms with Crippen molar-refractivity contribution in [3.8, 4) is 11.5 Å². The molecule has 1 saturated heterocycles. The third-order valence-electron chi connectivity index (χ3n) is 3.36. The van der Waals surface area contributed by atoms with E-state index in [1.165, 1.54) is 16.1 Å². The molecule has 0 bridgehead atoms. The van der Waals surface area contributed by atoms with Crippen molar-refractivity contribution in [2.75, 3.05) is 32.1 Å². The highest BCUT2D eigenvalue weighted by molar-refractivity contribution is 7.99. The number of nitrogens with zero attached hydrogens (tertiary/aromatic N) is 3. The molecular formula is C14H17N3O4S2. The smallest absolute Gasteiger partial charge is 0.276 e. The van der Waals surface area contributed by atoms with Crippen LogP contribution in [0.3, 0.4) is 0 Å². The lowest BCUT2D eigenvalue weighted by molar-refractivity contribution is 0.0730. The molecule has 3 rings (SSSR count). The number of hydrogen-bond donors (Lipinski definition) is 0. The first-order chi connectivity index (χ1) is 11.1. The topological polar surface area (TPSA) is 85.5 Å². The number of rotatable bonds is 5. The monoisotopic (exact) mass is 355 g/mol. The van der Waals surface area contributed by atoms with E-state index in [9.17, 15) is 8.42 Å². The fourth-order valence-electron chi connectivity index (χ4n) is 2.23. The maximum absolute atomic E-state index is 12.7. The van der Waals surface area contributed by atoms with Crippen molar-refractivity contribution in [2.45, 2.75) is 17.0 Å². The van der Waals surface area contributed by atoms with Crippen LogP contribution in [0.1, 0.15) is 6.92 Å². The Hall–Kier alpha value is -1.42. The van der Waals surface area contributed by atoms with Gasteiger partial charge in [-0.15, -0.1) is 10.2 Å². The van der Waals surface area contributed by atoms with E-state index in [0.29, 0.717) is 43.0 Å². The highest BCUT2D eigenvalue weighted by Gasteiger charge is 2.26. The molecule has 1 aliphatic heterocycles. The van der Waals surface area contributed by atoms with Gasteiger partial charge < -0.3 is 9.15 Å². The van der Waals surface area contributed by atoms with Crippen LogP contribution in [0.15, 0.2) is 38.8 Å². The van der Waals surface area contributed by atoms with Gasteiger partial charge in [0.1, 0.15) is 0 Å². The number of ether oxygens (including phenoxy) is 1. The van der Waals surface area contributed by atoms with E-state index in [1.807, 2.05) is 6.92 Å². The molecule has 2 heterocycles. The predicted octanol–water partition coefficient (Wildman–Crippen LogP) is 1.87. The minimum absolute atomic E-state index is 0.222. The second kappa shape index (κ2) is 7.00. The van der Waals surface area contributed by atoms with Crippen LogP contribution < -0.4 is 0 Å². The summed E-state index contributed by atoms with van der Waals surface area (Å²) >= 11 is 1.44. The van der Waals surface area contributed by atoms with Crippen molar-refractivity contribution in [2.24, 2.45) is 0 Å². The van der Waals surface area contributed by atoms with E-state index in [2.05, 4.69) is 10.2 Å². The maximum Gasteiger partial charge on any atom is 0.276 e. The van der Waals surface area contributed by atoms with Gasteiger partial charge in [-0.1, -0.05) is 24.8 Å². The number of thioether (sulfide) groups is 1. The van der Waals surface area contributed by atoms with Crippen molar-refractivity contribution in [1.82, 2.24) is 14.5 Å². The molecular weight excluding hydrogens is 338 g/mol. The van der Waals surface area contributed by atoms with Gasteiger partial charge in [0.15, 0.2) is 0 Å². The fraction of sp³-hybridized carbons (Fsp3) is 0.429. The Kier molecular flexibility index (Phi) is 5.00. The summed E-state index contributed by atoms with van der Waals surface area (Å²) in [5.74, 6) is 1.15. The van der Waals surface area contributed by atoms with Crippen LogP contribution in [0, 0.1) is 0 Å². The first kappa shape index (κ1) is 16.4. The van der Waals surface area contributed by atoms with Gasteiger partial charge in [-0.05, 0) is 24.0 Å². The summed E-state index contributed by atoms with van der Waals surface area (Å²) in [4.78, 5) is 0.222. The summed E-state index contributed by atoms with van der Waals surface area (Å²) in [6.07, 6.45) is 0. The molecule has 1 aromatic carbocycles. The second-order valence-corrected chi connectivity index (χ2v) is 8.00. The Balaban J connectivity index is 1.89. The Bertz CT molecular complexity index is 770. The number of morpholine rings is 1. The third-order valence-corrected chi connectivity index (χ3v) is 5.96. The first-order valence-corrected chi connectivity index (χ1v) is 9.68. The van der Waals surface area contributed by atoms with E-state index in [-0.39, 0.29) is 4.90 Å². The molecule has 2 aromatic rings. The molecule has 7 nitrogen and oxygen atoms in total. The van der Waals surface area contributed by atoms with Gasteiger partial charge in [0.25, 0.3) is 5.22 Å². The number of benzene rings is 1. The highest BCUT2D eigenvalue weighted by atomic mass is 32.2. The molecule has 0 saturated carbocycles. The van der Waals surface area contributed by atoms with Gasteiger partial charge in [-0.25, -0.2) is 8.42 Å². The lowest BCUT2D eigenvalue weighted by Crippen LogP contribution is -2.40. The molecule has 0 aliphatic carbocycles. The van der Waals surface area contributed by atoms with Crippen molar-refractivity contribution < 1.29 is 17.6 Å². The third kappa shape index (κ3) is 3.57. The minimum Gasteiger partial charge on any atom is -0.411 e. The summed E-state index contributed by atoms with van der Waals surface area (Å²) in [5.41, 5.74) is 0.592. The molecule has 0 spiro atoms. The van der Waals surface area contributed by atoms with Gasteiger partial charge in [0.2, 0.25) is 15.9 Å². The van der Waals surface area contributed by atoms with Crippen molar-refractivity contribution in [3.63, 3.8) is 0 Å². The summed E-state index contributed by atoms with van der Waals surface area (Å²) in [6, 6.07) is 6.58. The molecule has 0 radical (unpaired) electrons. The zero-order chi connectivity index (χ0) is 16.3. The largest absolute Gasteiger partial charge is 0.411 e.